The average molecular weight is 437 g/mol. The van der Waals surface area contributed by atoms with E-state index in [1.807, 2.05) is 45.0 Å². The van der Waals surface area contributed by atoms with Crippen molar-refractivity contribution >= 4 is 11.8 Å². The van der Waals surface area contributed by atoms with Gasteiger partial charge in [0.2, 0.25) is 11.8 Å². The molecule has 4 nitrogen and oxygen atoms in total. The Morgan fingerprint density at radius 3 is 2.22 bits per heavy atom. The normalized spacial score (nSPS) is 12.3. The van der Waals surface area contributed by atoms with Gasteiger partial charge in [0, 0.05) is 19.5 Å². The molecule has 0 heterocycles. The highest BCUT2D eigenvalue weighted by Crippen LogP contribution is 2.23. The highest BCUT2D eigenvalue weighted by atomic mass is 16.2. The number of carbonyl (C=O) groups excluding carboxylic acids is 2. The van der Waals surface area contributed by atoms with Crippen LogP contribution in [-0.4, -0.2) is 29.3 Å². The lowest BCUT2D eigenvalue weighted by atomic mass is 9.86. The van der Waals surface area contributed by atoms with Crippen LogP contribution in [0.1, 0.15) is 76.1 Å². The smallest absolute Gasteiger partial charge is 0.242 e. The lowest BCUT2D eigenvalue weighted by Gasteiger charge is -2.31. The first kappa shape index (κ1) is 25.6. The van der Waals surface area contributed by atoms with E-state index in [9.17, 15) is 9.59 Å². The first-order valence-electron chi connectivity index (χ1n) is 11.9. The zero-order chi connectivity index (χ0) is 23.7. The number of benzene rings is 2. The highest BCUT2D eigenvalue weighted by Gasteiger charge is 2.28. The van der Waals surface area contributed by atoms with E-state index in [0.717, 1.165) is 23.1 Å². The van der Waals surface area contributed by atoms with Gasteiger partial charge in [-0.1, -0.05) is 83.1 Å². The predicted molar refractivity (Wildman–Crippen MR) is 133 cm³/mol. The molecule has 2 aromatic rings. The molecule has 0 aliphatic carbocycles. The molecule has 0 radical (unpaired) electrons. The standard InChI is InChI=1S/C28H40N2O2/c1-7-19-29-27(32)25(8-2)30(20-23-12-10-9-11-21(23)3)26(31)18-15-22-13-16-24(17-14-22)28(4,5)6/h9-14,16-17,25H,7-8,15,18-20H2,1-6H3,(H,29,32)/t25-/m1/s1. The fraction of sp³-hybridized carbons (Fsp3) is 0.500. The average Bonchev–Trinajstić information content (AvgIpc) is 2.76. The van der Waals surface area contributed by atoms with Gasteiger partial charge in [0.15, 0.2) is 0 Å². The van der Waals surface area contributed by atoms with Crippen LogP contribution in [0.4, 0.5) is 0 Å². The topological polar surface area (TPSA) is 49.4 Å². The van der Waals surface area contributed by atoms with Gasteiger partial charge in [0.05, 0.1) is 0 Å². The third-order valence-electron chi connectivity index (χ3n) is 5.98. The van der Waals surface area contributed by atoms with Crippen molar-refractivity contribution in [2.45, 2.75) is 85.2 Å². The van der Waals surface area contributed by atoms with Crippen LogP contribution < -0.4 is 5.32 Å². The number of hydrogen-bond acceptors (Lipinski definition) is 2. The summed E-state index contributed by atoms with van der Waals surface area (Å²) in [5, 5.41) is 2.98. The Morgan fingerprint density at radius 2 is 1.66 bits per heavy atom. The van der Waals surface area contributed by atoms with E-state index < -0.39 is 6.04 Å². The number of nitrogens with zero attached hydrogens (tertiary/aromatic N) is 1. The van der Waals surface area contributed by atoms with Gasteiger partial charge in [0.1, 0.15) is 6.04 Å². The van der Waals surface area contributed by atoms with Crippen molar-refractivity contribution in [3.05, 3.63) is 70.8 Å². The van der Waals surface area contributed by atoms with Crippen LogP contribution in [-0.2, 0) is 28.0 Å². The summed E-state index contributed by atoms with van der Waals surface area (Å²) in [5.74, 6) is -0.0440. The van der Waals surface area contributed by atoms with Gasteiger partial charge < -0.3 is 10.2 Å². The number of carbonyl (C=O) groups is 2. The van der Waals surface area contributed by atoms with Crippen molar-refractivity contribution in [3.63, 3.8) is 0 Å². The fourth-order valence-corrected chi connectivity index (χ4v) is 3.82. The van der Waals surface area contributed by atoms with Gasteiger partial charge in [-0.3, -0.25) is 9.59 Å². The minimum absolute atomic E-state index is 0.0200. The van der Waals surface area contributed by atoms with Gasteiger partial charge in [-0.05, 0) is 53.9 Å². The quantitative estimate of drug-likeness (QED) is 0.530. The molecule has 174 valence electrons. The Labute approximate surface area is 194 Å². The molecule has 0 fully saturated rings. The number of aryl methyl sites for hydroxylation is 2. The third-order valence-corrected chi connectivity index (χ3v) is 5.98. The summed E-state index contributed by atoms with van der Waals surface area (Å²) in [6.45, 7) is 13.7. The maximum absolute atomic E-state index is 13.4. The van der Waals surface area contributed by atoms with E-state index in [1.54, 1.807) is 4.90 Å². The summed E-state index contributed by atoms with van der Waals surface area (Å²) in [6, 6.07) is 16.1. The van der Waals surface area contributed by atoms with Gasteiger partial charge in [-0.15, -0.1) is 0 Å². The molecule has 1 atom stereocenters. The maximum atomic E-state index is 13.4. The first-order chi connectivity index (χ1) is 15.2. The summed E-state index contributed by atoms with van der Waals surface area (Å²) in [7, 11) is 0. The van der Waals surface area contributed by atoms with Crippen LogP contribution >= 0.6 is 0 Å². The van der Waals surface area contributed by atoms with Gasteiger partial charge >= 0.3 is 0 Å². The van der Waals surface area contributed by atoms with Gasteiger partial charge in [-0.2, -0.15) is 0 Å². The fourth-order valence-electron chi connectivity index (χ4n) is 3.82. The molecule has 2 amide bonds. The van der Waals surface area contributed by atoms with Crippen LogP contribution in [0.3, 0.4) is 0 Å². The third kappa shape index (κ3) is 7.22. The van der Waals surface area contributed by atoms with Crippen molar-refractivity contribution in [1.29, 1.82) is 0 Å². The first-order valence-corrected chi connectivity index (χ1v) is 11.9. The molecular formula is C28H40N2O2. The van der Waals surface area contributed by atoms with Crippen LogP contribution in [0.15, 0.2) is 48.5 Å². The van der Waals surface area contributed by atoms with Gasteiger partial charge in [-0.25, -0.2) is 0 Å². The van der Waals surface area contributed by atoms with E-state index in [4.69, 9.17) is 0 Å². The second kappa shape index (κ2) is 11.8. The number of nitrogens with one attached hydrogen (secondary N) is 1. The summed E-state index contributed by atoms with van der Waals surface area (Å²) < 4.78 is 0. The zero-order valence-corrected chi connectivity index (χ0v) is 20.7. The minimum atomic E-state index is -0.461. The molecule has 0 bridgehead atoms. The monoisotopic (exact) mass is 436 g/mol. The second-order valence-electron chi connectivity index (χ2n) is 9.61. The lowest BCUT2D eigenvalue weighted by molar-refractivity contribution is -0.141. The second-order valence-corrected chi connectivity index (χ2v) is 9.61. The largest absolute Gasteiger partial charge is 0.354 e. The number of amides is 2. The minimum Gasteiger partial charge on any atom is -0.354 e. The van der Waals surface area contributed by atoms with E-state index >= 15 is 0 Å². The van der Waals surface area contributed by atoms with Crippen LogP contribution in [0.5, 0.6) is 0 Å². The highest BCUT2D eigenvalue weighted by molar-refractivity contribution is 5.87. The molecule has 1 N–H and O–H groups in total. The molecule has 0 aromatic heterocycles. The van der Waals surface area contributed by atoms with E-state index in [2.05, 4.69) is 50.4 Å². The van der Waals surface area contributed by atoms with Crippen LogP contribution in [0, 0.1) is 6.92 Å². The molecule has 0 saturated carbocycles. The molecular weight excluding hydrogens is 396 g/mol. The molecule has 0 aliphatic rings. The summed E-state index contributed by atoms with van der Waals surface area (Å²) in [5.41, 5.74) is 4.75. The Kier molecular flexibility index (Phi) is 9.49. The van der Waals surface area contributed by atoms with E-state index in [1.165, 1.54) is 5.56 Å². The number of hydrogen-bond donors (Lipinski definition) is 1. The molecule has 2 rings (SSSR count). The van der Waals surface area contributed by atoms with Crippen molar-refractivity contribution < 1.29 is 9.59 Å². The Balaban J connectivity index is 2.18. The van der Waals surface area contributed by atoms with Crippen molar-refractivity contribution in [3.8, 4) is 0 Å². The van der Waals surface area contributed by atoms with E-state index in [0.29, 0.717) is 32.4 Å². The number of rotatable bonds is 10. The Bertz CT molecular complexity index is 881. The lowest BCUT2D eigenvalue weighted by Crippen LogP contribution is -2.49. The SMILES string of the molecule is CCCNC(=O)[C@@H](CC)N(Cc1ccccc1C)C(=O)CCc1ccc(C(C)(C)C)cc1. The molecule has 4 heteroatoms. The van der Waals surface area contributed by atoms with Crippen LogP contribution in [0.2, 0.25) is 0 Å². The zero-order valence-electron chi connectivity index (χ0n) is 20.7. The van der Waals surface area contributed by atoms with Crippen molar-refractivity contribution in [2.24, 2.45) is 0 Å². The van der Waals surface area contributed by atoms with Gasteiger partial charge in [0.25, 0.3) is 0 Å². The predicted octanol–water partition coefficient (Wildman–Crippen LogP) is 5.56. The molecule has 0 saturated heterocycles. The molecule has 0 unspecified atom stereocenters. The molecule has 2 aromatic carbocycles. The Morgan fingerprint density at radius 1 is 1.00 bits per heavy atom. The summed E-state index contributed by atoms with van der Waals surface area (Å²) in [6.07, 6.45) is 2.52. The van der Waals surface area contributed by atoms with Crippen LogP contribution in [0.25, 0.3) is 0 Å². The van der Waals surface area contributed by atoms with Crippen molar-refractivity contribution in [2.75, 3.05) is 6.54 Å². The molecule has 32 heavy (non-hydrogen) atoms. The maximum Gasteiger partial charge on any atom is 0.242 e. The summed E-state index contributed by atoms with van der Waals surface area (Å²) in [4.78, 5) is 28.0. The summed E-state index contributed by atoms with van der Waals surface area (Å²) >= 11 is 0. The Hall–Kier alpha value is -2.62. The van der Waals surface area contributed by atoms with E-state index in [-0.39, 0.29) is 17.2 Å². The molecule has 0 aliphatic heterocycles. The molecule has 0 spiro atoms. The van der Waals surface area contributed by atoms with Crippen molar-refractivity contribution in [1.82, 2.24) is 10.2 Å².